The Morgan fingerprint density at radius 3 is 1.26 bits per heavy atom. The van der Waals surface area contributed by atoms with Gasteiger partial charge in [0.25, 0.3) is 0 Å². The molecule has 0 aliphatic carbocycles. The molecule has 0 amide bonds. The Morgan fingerprint density at radius 1 is 0.407 bits per heavy atom. The highest BCUT2D eigenvalue weighted by molar-refractivity contribution is 5.80. The number of rotatable bonds is 11. The van der Waals surface area contributed by atoms with Crippen LogP contribution in [0, 0.1) is 23.7 Å². The van der Waals surface area contributed by atoms with E-state index in [1.165, 1.54) is 0 Å². The normalized spacial score (nSPS) is 51.2. The van der Waals surface area contributed by atoms with E-state index >= 15 is 0 Å². The van der Waals surface area contributed by atoms with Gasteiger partial charge in [0.15, 0.2) is 11.6 Å². The van der Waals surface area contributed by atoms with Crippen molar-refractivity contribution in [3.05, 3.63) is 48.6 Å². The van der Waals surface area contributed by atoms with Gasteiger partial charge in [0.1, 0.15) is 72.6 Å². The lowest BCUT2D eigenvalue weighted by atomic mass is 9.81. The summed E-state index contributed by atoms with van der Waals surface area (Å²) in [7, 11) is 3.27. The summed E-state index contributed by atoms with van der Waals surface area (Å²) in [4.78, 5) is 28.2. The van der Waals surface area contributed by atoms with E-state index in [4.69, 9.17) is 85.3 Å². The third-order valence-electron chi connectivity index (χ3n) is 28.6. The van der Waals surface area contributed by atoms with Crippen molar-refractivity contribution in [3.8, 4) is 0 Å². The Morgan fingerprint density at radius 2 is 0.815 bits per heavy atom. The fraction of sp³-hybridized carbons (Fsp3) is 0.880. The van der Waals surface area contributed by atoms with E-state index in [2.05, 4.69) is 40.2 Å². The highest BCUT2D eigenvalue weighted by atomic mass is 16.8. The number of ketones is 2. The highest BCUT2D eigenvalue weighted by Gasteiger charge is 2.71. The lowest BCUT2D eigenvalue weighted by Gasteiger charge is -2.47. The molecular weight excluding hydrogens is 1400 g/mol. The molecule has 20 heterocycles. The molecule has 108 heavy (non-hydrogen) atoms. The molecule has 0 aromatic heterocycles. The van der Waals surface area contributed by atoms with Crippen molar-refractivity contribution >= 4 is 11.6 Å². The van der Waals surface area contributed by atoms with E-state index in [1.54, 1.807) is 14.2 Å². The van der Waals surface area contributed by atoms with Crippen molar-refractivity contribution in [1.82, 2.24) is 0 Å². The minimum atomic E-state index is -1.04. The van der Waals surface area contributed by atoms with Crippen molar-refractivity contribution in [2.24, 2.45) is 23.7 Å². The van der Waals surface area contributed by atoms with Crippen LogP contribution in [0.1, 0.15) is 194 Å². The monoisotopic (exact) mass is 1520 g/mol. The van der Waals surface area contributed by atoms with E-state index in [1.807, 2.05) is 0 Å². The minimum absolute atomic E-state index is 0.00601. The van der Waals surface area contributed by atoms with Gasteiger partial charge >= 0.3 is 0 Å². The summed E-state index contributed by atoms with van der Waals surface area (Å²) in [6.45, 7) is 21.7. The number of ether oxygens (including phenoxy) is 18. The Bertz CT molecular complexity index is 3250. The maximum atomic E-state index is 14.1. The van der Waals surface area contributed by atoms with Crippen LogP contribution in [0.2, 0.25) is 0 Å². The van der Waals surface area contributed by atoms with Crippen LogP contribution in [0.4, 0.5) is 0 Å². The van der Waals surface area contributed by atoms with Gasteiger partial charge in [0.2, 0.25) is 0 Å². The third kappa shape index (κ3) is 15.5. The highest BCUT2D eigenvalue weighted by Crippen LogP contribution is 2.57. The lowest BCUT2D eigenvalue weighted by molar-refractivity contribution is -0.292. The summed E-state index contributed by atoms with van der Waals surface area (Å²) in [6, 6.07) is 0. The molecule has 5 N–H and O–H groups in total. The zero-order valence-corrected chi connectivity index (χ0v) is 63.8. The first-order valence-corrected chi connectivity index (χ1v) is 41.7. The molecule has 25 nitrogen and oxygen atoms in total. The van der Waals surface area contributed by atoms with Gasteiger partial charge in [-0.1, -0.05) is 40.2 Å². The van der Waals surface area contributed by atoms with Crippen LogP contribution in [0.15, 0.2) is 48.6 Å². The molecule has 0 aromatic carbocycles. The molecule has 0 saturated carbocycles. The first kappa shape index (κ1) is 77.9. The maximum Gasteiger partial charge on any atom is 0.172 e. The number of hydrogen-bond donors (Lipinski definition) is 5. The molecule has 0 aromatic rings. The second-order valence-corrected chi connectivity index (χ2v) is 36.0. The van der Waals surface area contributed by atoms with Crippen molar-refractivity contribution in [2.45, 2.75) is 407 Å². The lowest BCUT2D eigenvalue weighted by Crippen LogP contribution is -2.61. The van der Waals surface area contributed by atoms with Gasteiger partial charge in [0.05, 0.1) is 147 Å². The second-order valence-electron chi connectivity index (χ2n) is 36.0. The molecule has 20 fully saturated rings. The quantitative estimate of drug-likeness (QED) is 0.129. The molecule has 20 saturated heterocycles. The average molecular weight is 1520 g/mol. The third-order valence-corrected chi connectivity index (χ3v) is 28.6. The fourth-order valence-electron chi connectivity index (χ4n) is 23.1. The van der Waals surface area contributed by atoms with Crippen LogP contribution in [0.5, 0.6) is 0 Å². The number of carbonyl (C=O) groups excluding carboxylic acids is 2. The summed E-state index contributed by atoms with van der Waals surface area (Å²) in [5.74, 6) is -1.48. The summed E-state index contributed by atoms with van der Waals surface area (Å²) >= 11 is 0. The molecule has 20 rings (SSSR count). The summed E-state index contributed by atoms with van der Waals surface area (Å²) in [6.07, 6.45) is 7.25. The molecule has 24 bridgehead atoms. The molecule has 20 aliphatic rings. The summed E-state index contributed by atoms with van der Waals surface area (Å²) in [5.41, 5.74) is 4.32. The first-order valence-electron chi connectivity index (χ1n) is 41.7. The smallest absolute Gasteiger partial charge is 0.172 e. The number of aliphatic hydroxyl groups is 5. The Kier molecular flexibility index (Phi) is 23.2. The van der Waals surface area contributed by atoms with Crippen molar-refractivity contribution in [3.63, 3.8) is 0 Å². The topological polar surface area (TPSA) is 301 Å². The second kappa shape index (κ2) is 32.1. The van der Waals surface area contributed by atoms with Crippen molar-refractivity contribution < 1.29 is 120 Å². The van der Waals surface area contributed by atoms with Crippen LogP contribution in [-0.4, -0.2) is 278 Å². The zero-order chi connectivity index (χ0) is 74.8. The van der Waals surface area contributed by atoms with Crippen LogP contribution in [-0.2, 0) is 94.9 Å². The van der Waals surface area contributed by atoms with Crippen LogP contribution in [0.3, 0.4) is 0 Å². The molecule has 604 valence electrons. The van der Waals surface area contributed by atoms with E-state index in [9.17, 15) is 35.1 Å². The number of hydrogen-bond acceptors (Lipinski definition) is 25. The number of Topliss-reactive ketones (excluding diaryl/α,β-unsaturated/α-hetero) is 2. The van der Waals surface area contributed by atoms with Gasteiger partial charge in [-0.2, -0.15) is 0 Å². The summed E-state index contributed by atoms with van der Waals surface area (Å²) < 4.78 is 120. The number of fused-ring (bicyclic) bond motifs is 12. The standard InChI is InChI=1S/C42H62O13.C41H60O12/c1-20-11-26-5-7-30-21(2)12-28(48-30)9-10-42-18-35-38(54-42)39-40(53-35)41(55-42)37-31(52-39)8-6-27(50-37)14-24(45)15-29-33(17-32(49-26)22(20)3)51-34(36(29)47-4)16-23(44)13-25(46)19-43;1-20-13-25-5-7-29-21(2)14-27(46-29)9-11-41-19-34-37(52-41)38-39(51-34)40(53-41)36-30(50-38)8-6-26(48-36)15-24(44)16-28-32(18-31(47-25)22(20)3)49-33(35(28)45-4)17-23(43)10-12-42/h20,23,25-41,43-44,46H,2-3,5-19H2,1,4H3;20,23,25-40,42-43H,2-3,5-19H2,1,4H3. The average Bonchev–Trinajstić information content (AvgIpc) is 1.55. The van der Waals surface area contributed by atoms with Crippen LogP contribution >= 0.6 is 0 Å². The molecular formula is C83H122O25. The van der Waals surface area contributed by atoms with Gasteiger partial charge < -0.3 is 111 Å². The van der Waals surface area contributed by atoms with Crippen molar-refractivity contribution in [2.75, 3.05) is 27.4 Å². The zero-order valence-electron chi connectivity index (χ0n) is 63.8. The van der Waals surface area contributed by atoms with E-state index < -0.39 is 67.0 Å². The molecule has 39 unspecified atom stereocenters. The number of carbonyl (C=O) groups is 2. The SMILES string of the molecule is C=C1CC2CCC34CC5OC6C(OC7CCC(CC(=O)CC8C(CC9OC(CCC1O2)CC(C)C9=C)OC(CC(O)CC(O)CO)C8OC)OC7C6O3)C5O4.C=C1CC2CCC34CC5OC6C(OC7CCC(CC(=O)CC8C(CC9OC(CCC1O2)CC(C)C9=C)OC(CC(O)CCO)C8OC)OC7C6O3)C5O4. The minimum Gasteiger partial charge on any atom is -0.396 e. The first-order chi connectivity index (χ1) is 52.1. The van der Waals surface area contributed by atoms with Crippen LogP contribution in [0.25, 0.3) is 0 Å². The Balaban J connectivity index is 0.000000158. The predicted molar refractivity (Wildman–Crippen MR) is 384 cm³/mol. The maximum absolute atomic E-state index is 14.1. The Hall–Kier alpha value is -2.62. The van der Waals surface area contributed by atoms with Gasteiger partial charge in [-0.15, -0.1) is 0 Å². The predicted octanol–water partition coefficient (Wildman–Crippen LogP) is 7.08. The van der Waals surface area contributed by atoms with E-state index in [0.717, 1.165) is 99.3 Å². The molecule has 25 heteroatoms. The Labute approximate surface area is 635 Å². The van der Waals surface area contributed by atoms with E-state index in [0.29, 0.717) is 57.8 Å². The van der Waals surface area contributed by atoms with Gasteiger partial charge in [-0.25, -0.2) is 0 Å². The van der Waals surface area contributed by atoms with Crippen LogP contribution < -0.4 is 0 Å². The summed E-state index contributed by atoms with van der Waals surface area (Å²) in [5, 5.41) is 50.5. The van der Waals surface area contributed by atoms with Crippen molar-refractivity contribution in [1.29, 1.82) is 0 Å². The number of aliphatic hydroxyl groups excluding tert-OH is 5. The van der Waals surface area contributed by atoms with E-state index in [-0.39, 0.29) is 239 Å². The largest absolute Gasteiger partial charge is 0.396 e. The molecule has 39 atom stereocenters. The molecule has 2 spiro atoms. The van der Waals surface area contributed by atoms with Gasteiger partial charge in [-0.05, 0) is 130 Å². The van der Waals surface area contributed by atoms with Gasteiger partial charge in [-0.3, -0.25) is 9.59 Å². The number of methoxy groups -OCH3 is 2. The van der Waals surface area contributed by atoms with Gasteiger partial charge in [0, 0.05) is 116 Å². The fourth-order valence-corrected chi connectivity index (χ4v) is 23.1. The molecule has 20 aliphatic heterocycles. The molecule has 0 radical (unpaired) electrons.